The molecule has 0 spiro atoms. The number of benzene rings is 1. The minimum Gasteiger partial charge on any atom is -0.478 e. The number of aromatic carboxylic acids is 1. The normalized spacial score (nSPS) is 24.2. The van der Waals surface area contributed by atoms with E-state index in [4.69, 9.17) is 18.9 Å². The first-order valence-electron chi connectivity index (χ1n) is 9.04. The molecule has 25 heavy (non-hydrogen) atoms. The fourth-order valence-electron chi connectivity index (χ4n) is 3.10. The standard InChI is InChI=1S/C19H26O6/c20-19(21)16-11-14(12-24-17-5-1-3-9-22-17)7-8-15(16)13-25-18-6-2-4-10-23-18/h7-8,11,17-18H,1-6,9-10,12-13H2,(H,20,21). The Morgan fingerprint density at radius 2 is 1.64 bits per heavy atom. The Balaban J connectivity index is 1.58. The second-order valence-corrected chi connectivity index (χ2v) is 6.51. The van der Waals surface area contributed by atoms with Crippen LogP contribution in [0.25, 0.3) is 0 Å². The van der Waals surface area contributed by atoms with Crippen LogP contribution in [0, 0.1) is 0 Å². The molecule has 0 saturated carbocycles. The maximum atomic E-state index is 11.6. The van der Waals surface area contributed by atoms with E-state index in [-0.39, 0.29) is 24.8 Å². The Kier molecular flexibility index (Phi) is 6.81. The summed E-state index contributed by atoms with van der Waals surface area (Å²) in [5, 5.41) is 9.49. The van der Waals surface area contributed by atoms with Gasteiger partial charge in [0.25, 0.3) is 0 Å². The fourth-order valence-corrected chi connectivity index (χ4v) is 3.10. The molecule has 0 aliphatic carbocycles. The first kappa shape index (κ1) is 18.3. The predicted octanol–water partition coefficient (Wildman–Crippen LogP) is 3.47. The quantitative estimate of drug-likeness (QED) is 0.812. The van der Waals surface area contributed by atoms with E-state index in [9.17, 15) is 9.90 Å². The zero-order valence-electron chi connectivity index (χ0n) is 14.4. The Labute approximate surface area is 148 Å². The van der Waals surface area contributed by atoms with Crippen LogP contribution in [-0.2, 0) is 32.2 Å². The number of carbonyl (C=O) groups is 1. The molecule has 2 unspecified atom stereocenters. The van der Waals surface area contributed by atoms with Crippen LogP contribution < -0.4 is 0 Å². The van der Waals surface area contributed by atoms with Crippen LogP contribution in [0.2, 0.25) is 0 Å². The Morgan fingerprint density at radius 1 is 1.00 bits per heavy atom. The van der Waals surface area contributed by atoms with Crippen molar-refractivity contribution in [2.75, 3.05) is 13.2 Å². The monoisotopic (exact) mass is 350 g/mol. The topological polar surface area (TPSA) is 74.2 Å². The first-order valence-corrected chi connectivity index (χ1v) is 9.04. The number of ether oxygens (including phenoxy) is 4. The van der Waals surface area contributed by atoms with Gasteiger partial charge < -0.3 is 24.1 Å². The first-order chi connectivity index (χ1) is 12.2. The Morgan fingerprint density at radius 3 is 2.20 bits per heavy atom. The van der Waals surface area contributed by atoms with Crippen LogP contribution >= 0.6 is 0 Å². The molecule has 0 radical (unpaired) electrons. The molecule has 2 heterocycles. The highest BCUT2D eigenvalue weighted by molar-refractivity contribution is 5.89. The molecule has 2 atom stereocenters. The summed E-state index contributed by atoms with van der Waals surface area (Å²) in [6.45, 7) is 2.01. The van der Waals surface area contributed by atoms with Crippen molar-refractivity contribution in [2.24, 2.45) is 0 Å². The van der Waals surface area contributed by atoms with Gasteiger partial charge >= 0.3 is 5.97 Å². The van der Waals surface area contributed by atoms with Crippen LogP contribution in [0.15, 0.2) is 18.2 Å². The number of carboxylic acid groups (broad SMARTS) is 1. The van der Waals surface area contributed by atoms with Gasteiger partial charge in [0.2, 0.25) is 0 Å². The third kappa shape index (κ3) is 5.51. The minimum atomic E-state index is -0.959. The molecule has 138 valence electrons. The Bertz CT molecular complexity index is 561. The average Bonchev–Trinajstić information content (AvgIpc) is 2.66. The molecule has 2 saturated heterocycles. The van der Waals surface area contributed by atoms with Crippen LogP contribution in [0.5, 0.6) is 0 Å². The summed E-state index contributed by atoms with van der Waals surface area (Å²) in [6.07, 6.45) is 5.63. The van der Waals surface area contributed by atoms with Crippen LogP contribution in [0.1, 0.15) is 60.0 Å². The highest BCUT2D eigenvalue weighted by atomic mass is 16.7. The van der Waals surface area contributed by atoms with Crippen LogP contribution in [-0.4, -0.2) is 36.9 Å². The molecule has 0 amide bonds. The van der Waals surface area contributed by atoms with E-state index in [1.54, 1.807) is 12.1 Å². The van der Waals surface area contributed by atoms with Gasteiger partial charge in [-0.1, -0.05) is 12.1 Å². The highest BCUT2D eigenvalue weighted by Gasteiger charge is 2.18. The lowest BCUT2D eigenvalue weighted by atomic mass is 10.0. The van der Waals surface area contributed by atoms with Gasteiger partial charge in [0, 0.05) is 13.2 Å². The minimum absolute atomic E-state index is 0.187. The van der Waals surface area contributed by atoms with E-state index in [2.05, 4.69) is 0 Å². The van der Waals surface area contributed by atoms with E-state index in [1.807, 2.05) is 6.07 Å². The third-order valence-corrected chi connectivity index (χ3v) is 4.54. The lowest BCUT2D eigenvalue weighted by molar-refractivity contribution is -0.169. The van der Waals surface area contributed by atoms with Crippen LogP contribution in [0.4, 0.5) is 0 Å². The van der Waals surface area contributed by atoms with Gasteiger partial charge in [0.1, 0.15) is 0 Å². The van der Waals surface area contributed by atoms with Gasteiger partial charge in [-0.25, -0.2) is 4.79 Å². The average molecular weight is 350 g/mol. The summed E-state index contributed by atoms with van der Waals surface area (Å²) in [6, 6.07) is 5.34. The van der Waals surface area contributed by atoms with Crippen molar-refractivity contribution in [2.45, 2.75) is 64.3 Å². The molecule has 1 aromatic rings. The highest BCUT2D eigenvalue weighted by Crippen LogP contribution is 2.20. The van der Waals surface area contributed by atoms with Crippen molar-refractivity contribution < 1.29 is 28.8 Å². The largest absolute Gasteiger partial charge is 0.478 e. The lowest BCUT2D eigenvalue weighted by Gasteiger charge is -2.23. The molecule has 1 N–H and O–H groups in total. The molecular formula is C19H26O6. The van der Waals surface area contributed by atoms with Crippen molar-refractivity contribution in [1.82, 2.24) is 0 Å². The molecule has 0 bridgehead atoms. The summed E-state index contributed by atoms with van der Waals surface area (Å²) in [7, 11) is 0. The second-order valence-electron chi connectivity index (χ2n) is 6.51. The van der Waals surface area contributed by atoms with Gasteiger partial charge in [0.05, 0.1) is 18.8 Å². The molecule has 3 rings (SSSR count). The molecule has 6 nitrogen and oxygen atoms in total. The molecule has 6 heteroatoms. The third-order valence-electron chi connectivity index (χ3n) is 4.54. The zero-order chi connectivity index (χ0) is 17.5. The zero-order valence-corrected chi connectivity index (χ0v) is 14.4. The van der Waals surface area contributed by atoms with Crippen molar-refractivity contribution in [3.8, 4) is 0 Å². The predicted molar refractivity (Wildman–Crippen MR) is 90.2 cm³/mol. The van der Waals surface area contributed by atoms with Crippen LogP contribution in [0.3, 0.4) is 0 Å². The number of carboxylic acids is 1. The van der Waals surface area contributed by atoms with E-state index >= 15 is 0 Å². The van der Waals surface area contributed by atoms with Gasteiger partial charge in [-0.15, -0.1) is 0 Å². The summed E-state index contributed by atoms with van der Waals surface area (Å²) >= 11 is 0. The maximum absolute atomic E-state index is 11.6. The summed E-state index contributed by atoms with van der Waals surface area (Å²) in [5.74, 6) is -0.959. The molecular weight excluding hydrogens is 324 g/mol. The number of hydrogen-bond acceptors (Lipinski definition) is 5. The lowest BCUT2D eigenvalue weighted by Crippen LogP contribution is -2.23. The van der Waals surface area contributed by atoms with E-state index in [0.29, 0.717) is 18.8 Å². The van der Waals surface area contributed by atoms with Crippen molar-refractivity contribution in [3.63, 3.8) is 0 Å². The van der Waals surface area contributed by atoms with Crippen molar-refractivity contribution in [1.29, 1.82) is 0 Å². The fraction of sp³-hybridized carbons (Fsp3) is 0.632. The summed E-state index contributed by atoms with van der Waals surface area (Å²) in [4.78, 5) is 11.6. The van der Waals surface area contributed by atoms with Gasteiger partial charge in [-0.05, 0) is 55.7 Å². The van der Waals surface area contributed by atoms with E-state index in [1.165, 1.54) is 0 Å². The second kappa shape index (κ2) is 9.29. The van der Waals surface area contributed by atoms with E-state index in [0.717, 1.165) is 50.7 Å². The molecule has 2 aliphatic rings. The molecule has 0 aromatic heterocycles. The summed E-state index contributed by atoms with van der Waals surface area (Å²) in [5.41, 5.74) is 1.73. The SMILES string of the molecule is O=C(O)c1cc(COC2CCCCO2)ccc1COC1CCCCO1. The Hall–Kier alpha value is -1.47. The molecule has 2 fully saturated rings. The molecule has 2 aliphatic heterocycles. The smallest absolute Gasteiger partial charge is 0.336 e. The van der Waals surface area contributed by atoms with Crippen molar-refractivity contribution in [3.05, 3.63) is 34.9 Å². The van der Waals surface area contributed by atoms with Gasteiger partial charge in [-0.3, -0.25) is 0 Å². The van der Waals surface area contributed by atoms with Crippen molar-refractivity contribution >= 4 is 5.97 Å². The van der Waals surface area contributed by atoms with E-state index < -0.39 is 5.97 Å². The maximum Gasteiger partial charge on any atom is 0.336 e. The number of rotatable bonds is 7. The molecule has 1 aromatic carbocycles. The number of hydrogen-bond donors (Lipinski definition) is 1. The van der Waals surface area contributed by atoms with Gasteiger partial charge in [-0.2, -0.15) is 0 Å². The van der Waals surface area contributed by atoms with Gasteiger partial charge in [0.15, 0.2) is 12.6 Å². The summed E-state index contributed by atoms with van der Waals surface area (Å²) < 4.78 is 22.5.